The molecule has 0 saturated heterocycles. The Balaban J connectivity index is 1.91. The van der Waals surface area contributed by atoms with Crippen molar-refractivity contribution in [2.45, 2.75) is 45.6 Å². The molecule has 0 atom stereocenters. The van der Waals surface area contributed by atoms with Crippen LogP contribution in [0.1, 0.15) is 43.9 Å². The monoisotopic (exact) mass is 315 g/mol. The van der Waals surface area contributed by atoms with Gasteiger partial charge in [-0.2, -0.15) is 0 Å². The summed E-state index contributed by atoms with van der Waals surface area (Å²) < 4.78 is 1.09. The maximum Gasteiger partial charge on any atom is 0.226 e. The zero-order valence-electron chi connectivity index (χ0n) is 10.1. The Morgan fingerprint density at radius 3 is 2.76 bits per heavy atom. The van der Waals surface area contributed by atoms with Crippen molar-refractivity contribution >= 4 is 33.2 Å². The molecule has 1 heterocycles. The molecule has 1 aliphatic rings. The van der Waals surface area contributed by atoms with Crippen LogP contribution in [0.3, 0.4) is 0 Å². The maximum absolute atomic E-state index is 12.2. The highest BCUT2D eigenvalue weighted by atomic mass is 79.9. The molecular weight excluding hydrogens is 298 g/mol. The summed E-state index contributed by atoms with van der Waals surface area (Å²) in [6, 6.07) is 2.02. The molecule has 0 aliphatic heterocycles. The topological polar surface area (TPSA) is 29.1 Å². The lowest BCUT2D eigenvalue weighted by Crippen LogP contribution is -2.39. The van der Waals surface area contributed by atoms with Crippen LogP contribution in [0.4, 0.5) is 0 Å². The van der Waals surface area contributed by atoms with Crippen LogP contribution in [-0.4, -0.2) is 5.91 Å². The number of rotatable bonds is 3. The molecule has 1 fully saturated rings. The minimum Gasteiger partial charge on any atom is -0.351 e. The van der Waals surface area contributed by atoms with Crippen LogP contribution in [0.2, 0.25) is 0 Å². The third kappa shape index (κ3) is 3.10. The number of carbonyl (C=O) groups is 1. The van der Waals surface area contributed by atoms with E-state index in [4.69, 9.17) is 0 Å². The van der Waals surface area contributed by atoms with Crippen molar-refractivity contribution in [2.24, 2.45) is 5.41 Å². The second kappa shape index (κ2) is 5.53. The minimum absolute atomic E-state index is 0.137. The summed E-state index contributed by atoms with van der Waals surface area (Å²) in [7, 11) is 0. The smallest absolute Gasteiger partial charge is 0.226 e. The molecule has 1 saturated carbocycles. The zero-order chi connectivity index (χ0) is 12.3. The molecule has 17 heavy (non-hydrogen) atoms. The van der Waals surface area contributed by atoms with Crippen molar-refractivity contribution in [2.75, 3.05) is 0 Å². The van der Waals surface area contributed by atoms with Crippen molar-refractivity contribution in [3.05, 3.63) is 20.8 Å². The van der Waals surface area contributed by atoms with E-state index in [-0.39, 0.29) is 11.3 Å². The lowest BCUT2D eigenvalue weighted by molar-refractivity contribution is -0.132. The van der Waals surface area contributed by atoms with Crippen LogP contribution in [0.15, 0.2) is 15.9 Å². The van der Waals surface area contributed by atoms with Gasteiger partial charge in [0.05, 0.1) is 6.54 Å². The number of carbonyl (C=O) groups excluding carboxylic acids is 1. The molecule has 0 bridgehead atoms. The first kappa shape index (κ1) is 13.1. The van der Waals surface area contributed by atoms with E-state index in [1.54, 1.807) is 11.3 Å². The summed E-state index contributed by atoms with van der Waals surface area (Å²) in [5, 5.41) is 5.11. The normalized spacial score (nSPS) is 18.9. The Labute approximate surface area is 115 Å². The predicted octanol–water partition coefficient (Wildman–Crippen LogP) is 4.10. The van der Waals surface area contributed by atoms with E-state index in [0.29, 0.717) is 6.54 Å². The first-order valence-electron chi connectivity index (χ1n) is 6.12. The second-order valence-electron chi connectivity index (χ2n) is 5.00. The number of hydrogen-bond acceptors (Lipinski definition) is 2. The summed E-state index contributed by atoms with van der Waals surface area (Å²) in [6.45, 7) is 2.75. The third-order valence-electron chi connectivity index (χ3n) is 3.61. The zero-order valence-corrected chi connectivity index (χ0v) is 12.5. The van der Waals surface area contributed by atoms with Gasteiger partial charge in [0, 0.05) is 14.8 Å². The van der Waals surface area contributed by atoms with Crippen molar-refractivity contribution in [3.8, 4) is 0 Å². The van der Waals surface area contributed by atoms with E-state index in [2.05, 4.69) is 28.2 Å². The fourth-order valence-electron chi connectivity index (χ4n) is 2.38. The van der Waals surface area contributed by atoms with Gasteiger partial charge in [0.25, 0.3) is 0 Å². The molecule has 4 heteroatoms. The van der Waals surface area contributed by atoms with E-state index in [0.717, 1.165) is 17.3 Å². The highest BCUT2D eigenvalue weighted by Crippen LogP contribution is 2.36. The van der Waals surface area contributed by atoms with E-state index >= 15 is 0 Å². The van der Waals surface area contributed by atoms with Crippen LogP contribution in [-0.2, 0) is 11.3 Å². The first-order valence-corrected chi connectivity index (χ1v) is 7.79. The highest BCUT2D eigenvalue weighted by molar-refractivity contribution is 9.10. The van der Waals surface area contributed by atoms with Gasteiger partial charge in [-0.1, -0.05) is 26.2 Å². The van der Waals surface area contributed by atoms with Crippen molar-refractivity contribution in [3.63, 3.8) is 0 Å². The van der Waals surface area contributed by atoms with Gasteiger partial charge in [-0.05, 0) is 40.2 Å². The molecule has 1 N–H and O–H groups in total. The van der Waals surface area contributed by atoms with Crippen molar-refractivity contribution in [1.29, 1.82) is 0 Å². The summed E-state index contributed by atoms with van der Waals surface area (Å²) in [6.07, 6.45) is 5.72. The lowest BCUT2D eigenvalue weighted by atomic mass is 9.75. The van der Waals surface area contributed by atoms with Crippen LogP contribution in [0.25, 0.3) is 0 Å². The van der Waals surface area contributed by atoms with Gasteiger partial charge in [0.15, 0.2) is 0 Å². The number of hydrogen-bond donors (Lipinski definition) is 1. The van der Waals surface area contributed by atoms with E-state index in [1.165, 1.54) is 24.1 Å². The van der Waals surface area contributed by atoms with Gasteiger partial charge in [-0.15, -0.1) is 11.3 Å². The molecule has 0 unspecified atom stereocenters. The molecular formula is C13H18BrNOS. The summed E-state index contributed by atoms with van der Waals surface area (Å²) in [5.74, 6) is 0.220. The third-order valence-corrected chi connectivity index (χ3v) is 5.53. The van der Waals surface area contributed by atoms with Crippen LogP contribution >= 0.6 is 27.3 Å². The summed E-state index contributed by atoms with van der Waals surface area (Å²) >= 11 is 5.16. The fraction of sp³-hybridized carbons (Fsp3) is 0.615. The van der Waals surface area contributed by atoms with Gasteiger partial charge in [-0.25, -0.2) is 0 Å². The van der Waals surface area contributed by atoms with E-state index < -0.39 is 0 Å². The standard InChI is InChI=1S/C13H18BrNOS/c1-13(6-3-2-4-7-13)12(16)15-9-11-10(14)5-8-17-11/h5,8H,2-4,6-7,9H2,1H3,(H,15,16). The summed E-state index contributed by atoms with van der Waals surface area (Å²) in [4.78, 5) is 13.4. The Hall–Kier alpha value is -0.350. The van der Waals surface area contributed by atoms with Crippen LogP contribution in [0.5, 0.6) is 0 Å². The lowest BCUT2D eigenvalue weighted by Gasteiger charge is -2.31. The molecule has 0 radical (unpaired) electrons. The van der Waals surface area contributed by atoms with Crippen molar-refractivity contribution in [1.82, 2.24) is 5.32 Å². The van der Waals surface area contributed by atoms with Crippen LogP contribution in [0, 0.1) is 5.41 Å². The molecule has 0 spiro atoms. The molecule has 1 aromatic heterocycles. The Bertz CT molecular complexity index is 396. The number of halogens is 1. The SMILES string of the molecule is CC1(C(=O)NCc2sccc2Br)CCCCC1. The maximum atomic E-state index is 12.2. The Morgan fingerprint density at radius 1 is 1.47 bits per heavy atom. The Kier molecular flexibility index (Phi) is 4.26. The second-order valence-corrected chi connectivity index (χ2v) is 6.85. The predicted molar refractivity (Wildman–Crippen MR) is 75.1 cm³/mol. The minimum atomic E-state index is -0.137. The van der Waals surface area contributed by atoms with Gasteiger partial charge >= 0.3 is 0 Å². The average Bonchev–Trinajstić information content (AvgIpc) is 2.73. The van der Waals surface area contributed by atoms with Crippen LogP contribution < -0.4 is 5.32 Å². The number of nitrogens with one attached hydrogen (secondary N) is 1. The molecule has 1 amide bonds. The van der Waals surface area contributed by atoms with Gasteiger partial charge in [0.1, 0.15) is 0 Å². The molecule has 2 rings (SSSR count). The molecule has 0 aromatic carbocycles. The van der Waals surface area contributed by atoms with E-state index in [9.17, 15) is 4.79 Å². The molecule has 1 aliphatic carbocycles. The van der Waals surface area contributed by atoms with Crippen molar-refractivity contribution < 1.29 is 4.79 Å². The molecule has 1 aromatic rings. The number of thiophene rings is 1. The molecule has 2 nitrogen and oxygen atoms in total. The molecule has 94 valence electrons. The fourth-order valence-corrected chi connectivity index (χ4v) is 3.82. The average molecular weight is 316 g/mol. The van der Waals surface area contributed by atoms with Gasteiger partial charge in [0.2, 0.25) is 5.91 Å². The van der Waals surface area contributed by atoms with E-state index in [1.807, 2.05) is 11.4 Å². The number of amides is 1. The van der Waals surface area contributed by atoms with Gasteiger partial charge < -0.3 is 5.32 Å². The Morgan fingerprint density at radius 2 is 2.18 bits per heavy atom. The van der Waals surface area contributed by atoms with Gasteiger partial charge in [-0.3, -0.25) is 4.79 Å². The summed E-state index contributed by atoms with van der Waals surface area (Å²) in [5.41, 5.74) is -0.137. The highest BCUT2D eigenvalue weighted by Gasteiger charge is 2.34. The largest absolute Gasteiger partial charge is 0.351 e. The quantitative estimate of drug-likeness (QED) is 0.894. The first-order chi connectivity index (χ1) is 8.12.